The average Bonchev–Trinajstić information content (AvgIpc) is 3.13. The fraction of sp³-hybridized carbons (Fsp3) is 1.00. The molecule has 0 spiro atoms. The highest BCUT2D eigenvalue weighted by molar-refractivity contribution is 6.59. The zero-order valence-electron chi connectivity index (χ0n) is 11.5. The fourth-order valence-corrected chi connectivity index (χ4v) is 4.39. The second kappa shape index (κ2) is 8.21. The predicted octanol–water partition coefficient (Wildman–Crippen LogP) is 1.51. The lowest BCUT2D eigenvalue weighted by Crippen LogP contribution is -2.44. The van der Waals surface area contributed by atoms with Crippen LogP contribution in [-0.2, 0) is 18.9 Å². The Hall–Kier alpha value is 0.0569. The second-order valence-electron chi connectivity index (χ2n) is 4.37. The molecular formula is C12H26O4Si. The van der Waals surface area contributed by atoms with Crippen LogP contribution >= 0.6 is 0 Å². The molecule has 0 bridgehead atoms. The number of epoxide rings is 1. The van der Waals surface area contributed by atoms with Crippen molar-refractivity contribution < 1.29 is 18.9 Å². The maximum absolute atomic E-state index is 5.93. The highest BCUT2D eigenvalue weighted by Gasteiger charge is 2.30. The van der Waals surface area contributed by atoms with Crippen molar-refractivity contribution in [3.8, 4) is 0 Å². The van der Waals surface area contributed by atoms with Crippen LogP contribution < -0.4 is 0 Å². The lowest BCUT2D eigenvalue weighted by atomic mass is 10.5. The van der Waals surface area contributed by atoms with Gasteiger partial charge in [0, 0.05) is 13.2 Å². The molecule has 102 valence electrons. The molecule has 0 N–H and O–H groups in total. The molecule has 0 aromatic carbocycles. The first kappa shape index (κ1) is 15.1. The van der Waals surface area contributed by atoms with E-state index in [4.69, 9.17) is 18.9 Å². The molecule has 1 saturated heterocycles. The van der Waals surface area contributed by atoms with Gasteiger partial charge < -0.3 is 18.9 Å². The normalized spacial score (nSPS) is 22.8. The van der Waals surface area contributed by atoms with Crippen molar-refractivity contribution in [1.29, 1.82) is 0 Å². The summed E-state index contributed by atoms with van der Waals surface area (Å²) in [5.41, 5.74) is 0.308. The minimum absolute atomic E-state index is 0.0323. The van der Waals surface area contributed by atoms with E-state index in [0.29, 0.717) is 25.0 Å². The Kier molecular flexibility index (Phi) is 7.30. The van der Waals surface area contributed by atoms with Gasteiger partial charge >= 0.3 is 0 Å². The molecule has 0 aromatic heterocycles. The van der Waals surface area contributed by atoms with Crippen LogP contribution in [0.15, 0.2) is 0 Å². The lowest BCUT2D eigenvalue weighted by molar-refractivity contribution is -0.0899. The lowest BCUT2D eigenvalue weighted by Gasteiger charge is -2.28. The van der Waals surface area contributed by atoms with Gasteiger partial charge in [0.15, 0.2) is 0 Å². The van der Waals surface area contributed by atoms with E-state index >= 15 is 0 Å². The molecule has 4 nitrogen and oxygen atoms in total. The van der Waals surface area contributed by atoms with Gasteiger partial charge in [-0.15, -0.1) is 0 Å². The fourth-order valence-electron chi connectivity index (χ4n) is 1.89. The van der Waals surface area contributed by atoms with Gasteiger partial charge in [-0.3, -0.25) is 0 Å². The standard InChI is InChI=1S/C12H26O4Si/c1-5-11(16-9-10-8-15-10)17(4)12(13-6-2)14-7-3/h10-12,17H,5-9H2,1-4H3. The van der Waals surface area contributed by atoms with Crippen LogP contribution in [0.4, 0.5) is 0 Å². The minimum atomic E-state index is -1.22. The molecule has 1 aliphatic rings. The summed E-state index contributed by atoms with van der Waals surface area (Å²) >= 11 is 0. The third-order valence-corrected chi connectivity index (χ3v) is 6.06. The summed E-state index contributed by atoms with van der Waals surface area (Å²) in [6.45, 7) is 11.4. The summed E-state index contributed by atoms with van der Waals surface area (Å²) < 4.78 is 22.4. The van der Waals surface area contributed by atoms with Crippen molar-refractivity contribution in [2.45, 2.75) is 51.5 Å². The molecular weight excluding hydrogens is 236 g/mol. The Morgan fingerprint density at radius 2 is 1.76 bits per heavy atom. The van der Waals surface area contributed by atoms with Gasteiger partial charge in [-0.25, -0.2) is 0 Å². The van der Waals surface area contributed by atoms with Crippen LogP contribution in [0.25, 0.3) is 0 Å². The van der Waals surface area contributed by atoms with E-state index in [9.17, 15) is 0 Å². The Balaban J connectivity index is 2.38. The van der Waals surface area contributed by atoms with Crippen LogP contribution in [0.1, 0.15) is 27.2 Å². The van der Waals surface area contributed by atoms with Gasteiger partial charge in [0.05, 0.1) is 18.9 Å². The average molecular weight is 262 g/mol. The van der Waals surface area contributed by atoms with E-state index in [1.807, 2.05) is 13.8 Å². The molecule has 17 heavy (non-hydrogen) atoms. The quantitative estimate of drug-likeness (QED) is 0.340. The molecule has 0 aromatic rings. The van der Waals surface area contributed by atoms with Gasteiger partial charge in [0.25, 0.3) is 0 Å². The molecule has 1 rings (SSSR count). The molecule has 0 saturated carbocycles. The highest BCUT2D eigenvalue weighted by Crippen LogP contribution is 2.15. The summed E-state index contributed by atoms with van der Waals surface area (Å²) in [7, 11) is -1.22. The van der Waals surface area contributed by atoms with E-state index in [1.54, 1.807) is 0 Å². The van der Waals surface area contributed by atoms with Crippen LogP contribution in [0, 0.1) is 0 Å². The Labute approximate surface area is 106 Å². The van der Waals surface area contributed by atoms with E-state index in [0.717, 1.165) is 19.6 Å². The summed E-state index contributed by atoms with van der Waals surface area (Å²) in [4.78, 5) is 0. The van der Waals surface area contributed by atoms with E-state index in [-0.39, 0.29) is 5.91 Å². The zero-order chi connectivity index (χ0) is 12.7. The van der Waals surface area contributed by atoms with Gasteiger partial charge in [0.2, 0.25) is 0 Å². The molecule has 1 fully saturated rings. The molecule has 0 radical (unpaired) electrons. The number of hydrogen-bond donors (Lipinski definition) is 0. The summed E-state index contributed by atoms with van der Waals surface area (Å²) in [5, 5.41) is 0. The van der Waals surface area contributed by atoms with Crippen molar-refractivity contribution in [2.75, 3.05) is 26.4 Å². The van der Waals surface area contributed by atoms with Gasteiger partial charge in [-0.2, -0.15) is 0 Å². The first-order valence-corrected chi connectivity index (χ1v) is 9.18. The summed E-state index contributed by atoms with van der Waals surface area (Å²) in [5.74, 6) is -0.0323. The third kappa shape index (κ3) is 5.48. The number of rotatable bonds is 10. The van der Waals surface area contributed by atoms with E-state index in [2.05, 4.69) is 13.5 Å². The Morgan fingerprint density at radius 3 is 2.18 bits per heavy atom. The second-order valence-corrected chi connectivity index (χ2v) is 7.38. The van der Waals surface area contributed by atoms with Crippen LogP contribution in [0.2, 0.25) is 6.55 Å². The van der Waals surface area contributed by atoms with Crippen molar-refractivity contribution in [1.82, 2.24) is 0 Å². The van der Waals surface area contributed by atoms with Crippen LogP contribution in [0.5, 0.6) is 0 Å². The van der Waals surface area contributed by atoms with Crippen molar-refractivity contribution in [2.24, 2.45) is 0 Å². The minimum Gasteiger partial charge on any atom is -0.379 e. The van der Waals surface area contributed by atoms with Gasteiger partial charge in [-0.05, 0) is 20.3 Å². The van der Waals surface area contributed by atoms with Gasteiger partial charge in [0.1, 0.15) is 20.8 Å². The summed E-state index contributed by atoms with van der Waals surface area (Å²) in [6.07, 6.45) is 1.36. The smallest absolute Gasteiger partial charge is 0.140 e. The topological polar surface area (TPSA) is 40.2 Å². The molecule has 3 atom stereocenters. The summed E-state index contributed by atoms with van der Waals surface area (Å²) in [6, 6.07) is 0. The first-order valence-electron chi connectivity index (χ1n) is 6.69. The molecule has 5 heteroatoms. The SMILES string of the molecule is CCOC(OCC)[SiH](C)C(CC)OCC1CO1. The van der Waals surface area contributed by atoms with Crippen molar-refractivity contribution in [3.05, 3.63) is 0 Å². The van der Waals surface area contributed by atoms with Crippen molar-refractivity contribution in [3.63, 3.8) is 0 Å². The monoisotopic (exact) mass is 262 g/mol. The predicted molar refractivity (Wildman–Crippen MR) is 69.8 cm³/mol. The zero-order valence-corrected chi connectivity index (χ0v) is 12.6. The van der Waals surface area contributed by atoms with E-state index < -0.39 is 8.80 Å². The molecule has 3 unspecified atom stereocenters. The molecule has 1 heterocycles. The first-order chi connectivity index (χ1) is 8.22. The Morgan fingerprint density at radius 1 is 1.18 bits per heavy atom. The highest BCUT2D eigenvalue weighted by atomic mass is 28.3. The number of hydrogen-bond acceptors (Lipinski definition) is 4. The van der Waals surface area contributed by atoms with Gasteiger partial charge in [-0.1, -0.05) is 13.5 Å². The van der Waals surface area contributed by atoms with Crippen LogP contribution in [-0.4, -0.2) is 53.0 Å². The maximum Gasteiger partial charge on any atom is 0.140 e. The Bertz CT molecular complexity index is 193. The molecule has 0 amide bonds. The molecule has 1 aliphatic heterocycles. The van der Waals surface area contributed by atoms with Crippen molar-refractivity contribution >= 4 is 8.80 Å². The van der Waals surface area contributed by atoms with Crippen LogP contribution in [0.3, 0.4) is 0 Å². The molecule has 0 aliphatic carbocycles. The number of ether oxygens (including phenoxy) is 4. The largest absolute Gasteiger partial charge is 0.379 e. The maximum atomic E-state index is 5.93. The van der Waals surface area contributed by atoms with E-state index in [1.165, 1.54) is 0 Å². The third-order valence-electron chi connectivity index (χ3n) is 2.98.